The average molecular weight is 642 g/mol. The van der Waals surface area contributed by atoms with E-state index in [9.17, 15) is 22.4 Å². The van der Waals surface area contributed by atoms with Crippen LogP contribution >= 0.6 is 11.8 Å². The van der Waals surface area contributed by atoms with E-state index in [-0.39, 0.29) is 29.1 Å². The van der Waals surface area contributed by atoms with Crippen molar-refractivity contribution >= 4 is 39.3 Å². The lowest BCUT2D eigenvalue weighted by atomic mass is 10.1. The Kier molecular flexibility index (Phi) is 11.7. The van der Waals surface area contributed by atoms with E-state index in [0.717, 1.165) is 34.9 Å². The third-order valence-electron chi connectivity index (χ3n) is 7.72. The molecule has 44 heavy (non-hydrogen) atoms. The van der Waals surface area contributed by atoms with Crippen LogP contribution in [0.2, 0.25) is 0 Å². The van der Waals surface area contributed by atoms with Crippen LogP contribution in [0.3, 0.4) is 0 Å². The summed E-state index contributed by atoms with van der Waals surface area (Å²) in [6.45, 7) is 3.58. The van der Waals surface area contributed by atoms with Crippen LogP contribution in [0.25, 0.3) is 0 Å². The minimum absolute atomic E-state index is 0.00922. The maximum absolute atomic E-state index is 14.2. The summed E-state index contributed by atoms with van der Waals surface area (Å²) >= 11 is 1.49. The van der Waals surface area contributed by atoms with E-state index < -0.39 is 34.3 Å². The largest absolute Gasteiger partial charge is 0.494 e. The number of hydrogen-bond donors (Lipinski definition) is 1. The lowest BCUT2D eigenvalue weighted by Gasteiger charge is -2.33. The molecule has 0 bridgehead atoms. The second-order valence-corrected chi connectivity index (χ2v) is 13.4. The Morgan fingerprint density at radius 1 is 0.977 bits per heavy atom. The molecule has 0 spiro atoms. The van der Waals surface area contributed by atoms with Crippen LogP contribution < -0.4 is 14.4 Å². The van der Waals surface area contributed by atoms with Crippen LogP contribution in [-0.2, 0) is 26.2 Å². The predicted molar refractivity (Wildman–Crippen MR) is 172 cm³/mol. The molecule has 1 unspecified atom stereocenters. The zero-order chi connectivity index (χ0) is 31.7. The van der Waals surface area contributed by atoms with Gasteiger partial charge in [0.05, 0.1) is 17.2 Å². The molecule has 1 atom stereocenters. The number of ether oxygens (including phenoxy) is 1. The highest BCUT2D eigenvalue weighted by Crippen LogP contribution is 2.28. The maximum Gasteiger partial charge on any atom is 0.264 e. The van der Waals surface area contributed by atoms with Crippen LogP contribution in [0.5, 0.6) is 5.75 Å². The van der Waals surface area contributed by atoms with Crippen molar-refractivity contribution in [3.63, 3.8) is 0 Å². The third kappa shape index (κ3) is 8.32. The zero-order valence-corrected chi connectivity index (χ0v) is 27.0. The average Bonchev–Trinajstić information content (AvgIpc) is 3.54. The topological polar surface area (TPSA) is 96.0 Å². The van der Waals surface area contributed by atoms with E-state index in [1.54, 1.807) is 48.5 Å². The van der Waals surface area contributed by atoms with Gasteiger partial charge in [-0.2, -0.15) is 0 Å². The Morgan fingerprint density at radius 2 is 1.61 bits per heavy atom. The van der Waals surface area contributed by atoms with Gasteiger partial charge in [0.1, 0.15) is 24.2 Å². The molecule has 0 aliphatic heterocycles. The molecule has 1 aliphatic carbocycles. The fraction of sp³-hybridized carbons (Fsp3) is 0.394. The Hall–Kier alpha value is -3.57. The highest BCUT2D eigenvalue weighted by Gasteiger charge is 2.34. The number of hydrogen-bond acceptors (Lipinski definition) is 6. The van der Waals surface area contributed by atoms with Gasteiger partial charge in [-0.25, -0.2) is 12.8 Å². The summed E-state index contributed by atoms with van der Waals surface area (Å²) in [4.78, 5) is 30.1. The molecule has 236 valence electrons. The number of nitrogens with zero attached hydrogens (tertiary/aromatic N) is 2. The smallest absolute Gasteiger partial charge is 0.264 e. The predicted octanol–water partition coefficient (Wildman–Crippen LogP) is 6.01. The quantitative estimate of drug-likeness (QED) is 0.217. The van der Waals surface area contributed by atoms with Crippen LogP contribution in [0.1, 0.15) is 51.5 Å². The molecule has 1 fully saturated rings. The molecule has 3 aromatic carbocycles. The molecular weight excluding hydrogens is 602 g/mol. The number of carbonyl (C=O) groups is 2. The number of sulfonamides is 1. The number of rotatable bonds is 14. The van der Waals surface area contributed by atoms with E-state index >= 15 is 0 Å². The van der Waals surface area contributed by atoms with Crippen molar-refractivity contribution in [2.45, 2.75) is 74.4 Å². The zero-order valence-electron chi connectivity index (χ0n) is 25.4. The summed E-state index contributed by atoms with van der Waals surface area (Å²) in [6.07, 6.45) is 6.05. The Labute approximate surface area is 264 Å². The first-order valence-corrected chi connectivity index (χ1v) is 17.6. The van der Waals surface area contributed by atoms with E-state index in [0.29, 0.717) is 24.3 Å². The molecular formula is C33H40FN3O5S2. The number of amides is 2. The SMILES string of the molecule is CCOc1ccc(N(CC(=O)N(Cc2ccc(F)cc2)C(CC)C(=O)NC2CCCC2)S(=O)(=O)c2ccc(SC)cc2)cc1. The Balaban J connectivity index is 1.71. The van der Waals surface area contributed by atoms with Gasteiger partial charge in [-0.15, -0.1) is 11.8 Å². The highest BCUT2D eigenvalue weighted by atomic mass is 32.2. The van der Waals surface area contributed by atoms with E-state index in [1.165, 1.54) is 40.9 Å². The van der Waals surface area contributed by atoms with Crippen molar-refractivity contribution < 1.29 is 27.1 Å². The molecule has 11 heteroatoms. The van der Waals surface area contributed by atoms with Gasteiger partial charge in [-0.1, -0.05) is 31.9 Å². The second-order valence-electron chi connectivity index (χ2n) is 10.7. The molecule has 0 aromatic heterocycles. The van der Waals surface area contributed by atoms with Crippen molar-refractivity contribution in [3.05, 3.63) is 84.2 Å². The van der Waals surface area contributed by atoms with Crippen molar-refractivity contribution in [2.24, 2.45) is 0 Å². The van der Waals surface area contributed by atoms with Crippen LogP contribution in [-0.4, -0.2) is 56.6 Å². The summed E-state index contributed by atoms with van der Waals surface area (Å²) in [5, 5.41) is 3.09. The minimum atomic E-state index is -4.20. The fourth-order valence-electron chi connectivity index (χ4n) is 5.35. The van der Waals surface area contributed by atoms with Gasteiger partial charge in [-0.05, 0) is 98.7 Å². The van der Waals surface area contributed by atoms with Gasteiger partial charge in [-0.3, -0.25) is 13.9 Å². The number of benzene rings is 3. The number of thioether (sulfide) groups is 1. The molecule has 2 amide bonds. The van der Waals surface area contributed by atoms with Crippen LogP contribution in [0.4, 0.5) is 10.1 Å². The van der Waals surface area contributed by atoms with Crippen LogP contribution in [0, 0.1) is 5.82 Å². The minimum Gasteiger partial charge on any atom is -0.494 e. The monoisotopic (exact) mass is 641 g/mol. The lowest BCUT2D eigenvalue weighted by Crippen LogP contribution is -2.53. The molecule has 3 aromatic rings. The number of carbonyl (C=O) groups excluding carboxylic acids is 2. The third-order valence-corrected chi connectivity index (χ3v) is 10.2. The Bertz CT molecular complexity index is 1490. The molecule has 0 saturated heterocycles. The summed E-state index contributed by atoms with van der Waals surface area (Å²) in [6, 6.07) is 17.9. The van der Waals surface area contributed by atoms with Crippen molar-refractivity contribution in [1.82, 2.24) is 10.2 Å². The first-order chi connectivity index (χ1) is 21.2. The summed E-state index contributed by atoms with van der Waals surface area (Å²) < 4.78 is 48.5. The number of nitrogens with one attached hydrogen (secondary N) is 1. The highest BCUT2D eigenvalue weighted by molar-refractivity contribution is 7.98. The second kappa shape index (κ2) is 15.4. The molecule has 0 heterocycles. The molecule has 0 radical (unpaired) electrons. The maximum atomic E-state index is 14.2. The molecule has 4 rings (SSSR count). The molecule has 8 nitrogen and oxygen atoms in total. The van der Waals surface area contributed by atoms with Gasteiger partial charge < -0.3 is 15.0 Å². The first kappa shape index (κ1) is 33.3. The van der Waals surface area contributed by atoms with Gasteiger partial charge in [0, 0.05) is 17.5 Å². The molecule has 1 aliphatic rings. The Morgan fingerprint density at radius 3 is 2.18 bits per heavy atom. The standard InChI is InChI=1S/C33H40FN3O5S2/c1-4-31(33(39)35-26-8-6-7-9-26)36(22-24-10-12-25(34)13-11-24)32(38)23-37(27-14-16-28(17-15-27)42-5-2)44(40,41)30-20-18-29(43-3)19-21-30/h10-21,26,31H,4-9,22-23H2,1-3H3,(H,35,39). The molecule has 1 saturated carbocycles. The number of anilines is 1. The fourth-order valence-corrected chi connectivity index (χ4v) is 7.17. The van der Waals surface area contributed by atoms with Gasteiger partial charge in [0.25, 0.3) is 10.0 Å². The first-order valence-electron chi connectivity index (χ1n) is 14.9. The lowest BCUT2D eigenvalue weighted by molar-refractivity contribution is -0.140. The van der Waals surface area contributed by atoms with Gasteiger partial charge in [0.2, 0.25) is 11.8 Å². The summed E-state index contributed by atoms with van der Waals surface area (Å²) in [5.41, 5.74) is 0.899. The van der Waals surface area contributed by atoms with Crippen LogP contribution in [0.15, 0.2) is 82.6 Å². The van der Waals surface area contributed by atoms with E-state index in [2.05, 4.69) is 5.32 Å². The molecule has 1 N–H and O–H groups in total. The van der Waals surface area contributed by atoms with E-state index in [4.69, 9.17) is 4.74 Å². The van der Waals surface area contributed by atoms with E-state index in [1.807, 2.05) is 20.1 Å². The van der Waals surface area contributed by atoms with Crippen molar-refractivity contribution in [1.29, 1.82) is 0 Å². The van der Waals surface area contributed by atoms with Gasteiger partial charge >= 0.3 is 0 Å². The normalized spacial score (nSPS) is 14.2. The number of halogens is 1. The summed E-state index contributed by atoms with van der Waals surface area (Å²) in [7, 11) is -4.20. The summed E-state index contributed by atoms with van der Waals surface area (Å²) in [5.74, 6) is -0.686. The van der Waals surface area contributed by atoms with Gasteiger partial charge in [0.15, 0.2) is 0 Å². The van der Waals surface area contributed by atoms with Crippen molar-refractivity contribution in [2.75, 3.05) is 23.7 Å². The van der Waals surface area contributed by atoms with Crippen molar-refractivity contribution in [3.8, 4) is 5.75 Å².